The monoisotopic (exact) mass is 540 g/mol. The number of ether oxygens (including phenoxy) is 1. The summed E-state index contributed by atoms with van der Waals surface area (Å²) in [6.45, 7) is 3.61. The lowest BCUT2D eigenvalue weighted by molar-refractivity contribution is -0.125. The fourth-order valence-corrected chi connectivity index (χ4v) is 3.28. The molecule has 170 valence electrons. The number of rotatable bonds is 7. The van der Waals surface area contributed by atoms with E-state index in [-0.39, 0.29) is 30.5 Å². The molecule has 0 aromatic heterocycles. The van der Waals surface area contributed by atoms with E-state index in [1.807, 2.05) is 26.0 Å². The van der Waals surface area contributed by atoms with Crippen molar-refractivity contribution in [1.82, 2.24) is 16.2 Å². The van der Waals surface area contributed by atoms with Crippen molar-refractivity contribution in [3.63, 3.8) is 0 Å². The van der Waals surface area contributed by atoms with Gasteiger partial charge in [0.15, 0.2) is 11.7 Å². The van der Waals surface area contributed by atoms with Gasteiger partial charge in [0.2, 0.25) is 11.8 Å². The van der Waals surface area contributed by atoms with E-state index in [0.29, 0.717) is 16.5 Å². The lowest BCUT2D eigenvalue weighted by atomic mass is 10.1. The van der Waals surface area contributed by atoms with Crippen molar-refractivity contribution in [2.24, 2.45) is 0 Å². The minimum Gasteiger partial charge on any atom is -0.482 e. The molecule has 4 N–H and O–H groups in total. The molecule has 2 rings (SSSR count). The molecule has 0 saturated heterocycles. The average molecular weight is 542 g/mol. The van der Waals surface area contributed by atoms with E-state index in [0.717, 1.165) is 15.6 Å². The van der Waals surface area contributed by atoms with Crippen molar-refractivity contribution in [2.75, 3.05) is 11.9 Å². The standard InChI is InChI=1S/C21H22BrClN4O4S/c1-12-3-5-15(9-13(12)2)24-18(28)7-8-19(29)26-27-21(32)25-20(30)11-31-17-6-4-14(22)10-16(17)23/h3-6,9-10H,7-8,11H2,1-2H3,(H,24,28)(H,26,29)(H2,25,27,30,32). The molecule has 0 bridgehead atoms. The SMILES string of the molecule is Cc1ccc(NC(=O)CCC(=O)NNC(=S)NC(=O)COc2ccc(Br)cc2Cl)cc1C. The smallest absolute Gasteiger partial charge is 0.264 e. The number of carbonyl (C=O) groups is 3. The van der Waals surface area contributed by atoms with Crippen LogP contribution in [0.2, 0.25) is 5.02 Å². The number of thiocarbonyl (C=S) groups is 1. The molecule has 0 heterocycles. The Bertz CT molecular complexity index is 1030. The molecule has 11 heteroatoms. The summed E-state index contributed by atoms with van der Waals surface area (Å²) in [5.74, 6) is -0.947. The number of carbonyl (C=O) groups excluding carboxylic acids is 3. The largest absolute Gasteiger partial charge is 0.482 e. The van der Waals surface area contributed by atoms with Crippen LogP contribution in [0.5, 0.6) is 5.75 Å². The minimum absolute atomic E-state index is 0.0126. The molecule has 2 aromatic rings. The molecule has 0 aliphatic carbocycles. The highest BCUT2D eigenvalue weighted by atomic mass is 79.9. The first-order chi connectivity index (χ1) is 15.1. The second-order valence-electron chi connectivity index (χ2n) is 6.76. The molecule has 2 aromatic carbocycles. The van der Waals surface area contributed by atoms with E-state index in [1.165, 1.54) is 0 Å². The van der Waals surface area contributed by atoms with Crippen LogP contribution in [0.3, 0.4) is 0 Å². The first-order valence-electron chi connectivity index (χ1n) is 9.47. The van der Waals surface area contributed by atoms with E-state index in [1.54, 1.807) is 24.3 Å². The summed E-state index contributed by atoms with van der Waals surface area (Å²) in [5, 5.41) is 5.33. The number of hydrogen-bond acceptors (Lipinski definition) is 5. The van der Waals surface area contributed by atoms with Gasteiger partial charge in [-0.3, -0.25) is 30.6 Å². The molecule has 0 unspecified atom stereocenters. The Morgan fingerprint density at radius 2 is 1.69 bits per heavy atom. The van der Waals surface area contributed by atoms with Gasteiger partial charge in [0.1, 0.15) is 5.75 Å². The van der Waals surface area contributed by atoms with E-state index >= 15 is 0 Å². The van der Waals surface area contributed by atoms with Crippen LogP contribution < -0.4 is 26.2 Å². The van der Waals surface area contributed by atoms with Gasteiger partial charge >= 0.3 is 0 Å². The first-order valence-corrected chi connectivity index (χ1v) is 11.1. The summed E-state index contributed by atoms with van der Waals surface area (Å²) in [6, 6.07) is 10.6. The maximum atomic E-state index is 12.0. The normalized spacial score (nSPS) is 10.1. The molecular formula is C21H22BrClN4O4S. The Labute approximate surface area is 204 Å². The third-order valence-electron chi connectivity index (χ3n) is 4.19. The van der Waals surface area contributed by atoms with Crippen molar-refractivity contribution >= 4 is 68.3 Å². The number of anilines is 1. The zero-order valence-corrected chi connectivity index (χ0v) is 20.5. The van der Waals surface area contributed by atoms with Gasteiger partial charge in [-0.25, -0.2) is 0 Å². The van der Waals surface area contributed by atoms with Crippen LogP contribution in [-0.2, 0) is 14.4 Å². The van der Waals surface area contributed by atoms with E-state index < -0.39 is 11.8 Å². The highest BCUT2D eigenvalue weighted by molar-refractivity contribution is 9.10. The summed E-state index contributed by atoms with van der Waals surface area (Å²) in [4.78, 5) is 35.8. The Morgan fingerprint density at radius 1 is 0.969 bits per heavy atom. The Kier molecular flexibility index (Phi) is 9.89. The number of halogens is 2. The summed E-state index contributed by atoms with van der Waals surface area (Å²) in [5.41, 5.74) is 7.58. The van der Waals surface area contributed by atoms with Crippen molar-refractivity contribution < 1.29 is 19.1 Å². The van der Waals surface area contributed by atoms with Crippen molar-refractivity contribution in [1.29, 1.82) is 0 Å². The van der Waals surface area contributed by atoms with Crippen molar-refractivity contribution in [3.8, 4) is 5.75 Å². The molecule has 8 nitrogen and oxygen atoms in total. The Balaban J connectivity index is 1.65. The number of amides is 3. The highest BCUT2D eigenvalue weighted by Crippen LogP contribution is 2.27. The van der Waals surface area contributed by atoms with Crippen LogP contribution in [-0.4, -0.2) is 29.4 Å². The van der Waals surface area contributed by atoms with Gasteiger partial charge in [-0.1, -0.05) is 33.6 Å². The number of nitrogens with one attached hydrogen (secondary N) is 4. The van der Waals surface area contributed by atoms with Crippen LogP contribution in [0.15, 0.2) is 40.9 Å². The zero-order valence-electron chi connectivity index (χ0n) is 17.4. The molecule has 0 atom stereocenters. The number of aryl methyl sites for hydroxylation is 2. The maximum absolute atomic E-state index is 12.0. The predicted molar refractivity (Wildman–Crippen MR) is 130 cm³/mol. The molecule has 0 saturated carbocycles. The molecule has 3 amide bonds. The van der Waals surface area contributed by atoms with Gasteiger partial charge in [0.05, 0.1) is 5.02 Å². The number of benzene rings is 2. The lowest BCUT2D eigenvalue weighted by Gasteiger charge is -2.12. The Hall–Kier alpha value is -2.69. The van der Waals surface area contributed by atoms with Gasteiger partial charge in [0.25, 0.3) is 5.91 Å². The summed E-state index contributed by atoms with van der Waals surface area (Å²) in [6.07, 6.45) is -0.0766. The predicted octanol–water partition coefficient (Wildman–Crippen LogP) is 3.54. The fourth-order valence-electron chi connectivity index (χ4n) is 2.39. The number of hydrazine groups is 1. The molecule has 0 aliphatic rings. The Morgan fingerprint density at radius 3 is 2.38 bits per heavy atom. The third kappa shape index (κ3) is 8.81. The van der Waals surface area contributed by atoms with E-state index in [4.69, 9.17) is 28.6 Å². The molecule has 0 spiro atoms. The number of hydrogen-bond donors (Lipinski definition) is 4. The van der Waals surface area contributed by atoms with Crippen LogP contribution in [0.25, 0.3) is 0 Å². The summed E-state index contributed by atoms with van der Waals surface area (Å²) in [7, 11) is 0. The maximum Gasteiger partial charge on any atom is 0.264 e. The van der Waals surface area contributed by atoms with Crippen LogP contribution in [0.1, 0.15) is 24.0 Å². The van der Waals surface area contributed by atoms with Gasteiger partial charge in [-0.05, 0) is 67.5 Å². The lowest BCUT2D eigenvalue weighted by Crippen LogP contribution is -2.49. The highest BCUT2D eigenvalue weighted by Gasteiger charge is 2.11. The third-order valence-corrected chi connectivity index (χ3v) is 5.18. The van der Waals surface area contributed by atoms with E-state index in [2.05, 4.69) is 37.4 Å². The molecule has 0 fully saturated rings. The molecular weight excluding hydrogens is 520 g/mol. The van der Waals surface area contributed by atoms with Gasteiger partial charge < -0.3 is 10.1 Å². The first kappa shape index (κ1) is 25.6. The quantitative estimate of drug-likeness (QED) is 0.315. The van der Waals surface area contributed by atoms with E-state index in [9.17, 15) is 14.4 Å². The van der Waals surface area contributed by atoms with Gasteiger partial charge in [-0.15, -0.1) is 0 Å². The topological polar surface area (TPSA) is 109 Å². The summed E-state index contributed by atoms with van der Waals surface area (Å²) >= 11 is 14.2. The van der Waals surface area contributed by atoms with Crippen molar-refractivity contribution in [2.45, 2.75) is 26.7 Å². The fraction of sp³-hybridized carbons (Fsp3) is 0.238. The van der Waals surface area contributed by atoms with Crippen LogP contribution >= 0.6 is 39.7 Å². The molecule has 0 aliphatic heterocycles. The van der Waals surface area contributed by atoms with Gasteiger partial charge in [0, 0.05) is 23.0 Å². The van der Waals surface area contributed by atoms with Crippen LogP contribution in [0, 0.1) is 13.8 Å². The van der Waals surface area contributed by atoms with Crippen LogP contribution in [0.4, 0.5) is 5.69 Å². The zero-order chi connectivity index (χ0) is 23.7. The molecule has 0 radical (unpaired) electrons. The minimum atomic E-state index is -0.538. The second-order valence-corrected chi connectivity index (χ2v) is 8.49. The average Bonchev–Trinajstić information content (AvgIpc) is 2.73. The van der Waals surface area contributed by atoms with Crippen molar-refractivity contribution in [3.05, 3.63) is 57.0 Å². The van der Waals surface area contributed by atoms with Gasteiger partial charge in [-0.2, -0.15) is 0 Å². The second kappa shape index (κ2) is 12.4. The molecule has 32 heavy (non-hydrogen) atoms. The summed E-state index contributed by atoms with van der Waals surface area (Å²) < 4.78 is 6.10.